The second-order valence-corrected chi connectivity index (χ2v) is 6.16. The summed E-state index contributed by atoms with van der Waals surface area (Å²) in [4.78, 5) is 2.49. The molecule has 0 aliphatic rings. The van der Waals surface area contributed by atoms with Crippen molar-refractivity contribution >= 4 is 0 Å². The average Bonchev–Trinajstić information content (AvgIpc) is 2.41. The summed E-state index contributed by atoms with van der Waals surface area (Å²) >= 11 is 0. The molecule has 0 bridgehead atoms. The monoisotopic (exact) mass is 278 g/mol. The van der Waals surface area contributed by atoms with E-state index in [2.05, 4.69) is 49.9 Å². The Morgan fingerprint density at radius 1 is 1.15 bits per heavy atom. The highest BCUT2D eigenvalue weighted by Gasteiger charge is 2.19. The Morgan fingerprint density at radius 3 is 2.30 bits per heavy atom. The van der Waals surface area contributed by atoms with E-state index in [0.29, 0.717) is 6.61 Å². The lowest BCUT2D eigenvalue weighted by Gasteiger charge is -2.31. The molecule has 3 nitrogen and oxygen atoms in total. The molecule has 0 aliphatic heterocycles. The minimum Gasteiger partial charge on any atom is -0.494 e. The average molecular weight is 278 g/mol. The van der Waals surface area contributed by atoms with Crippen LogP contribution in [0.3, 0.4) is 0 Å². The third kappa shape index (κ3) is 5.93. The summed E-state index contributed by atoms with van der Waals surface area (Å²) in [5, 5.41) is 0. The maximum atomic E-state index is 5.85. The molecule has 0 radical (unpaired) electrons. The maximum Gasteiger partial charge on any atom is 0.119 e. The van der Waals surface area contributed by atoms with E-state index in [1.54, 1.807) is 0 Å². The summed E-state index contributed by atoms with van der Waals surface area (Å²) in [6.45, 7) is 13.2. The van der Waals surface area contributed by atoms with Crippen LogP contribution in [-0.2, 0) is 6.54 Å². The van der Waals surface area contributed by atoms with E-state index in [0.717, 1.165) is 38.3 Å². The summed E-state index contributed by atoms with van der Waals surface area (Å²) in [6.07, 6.45) is 1.16. The molecular formula is C17H30N2O. The van der Waals surface area contributed by atoms with Gasteiger partial charge in [0.1, 0.15) is 5.75 Å². The number of hydrogen-bond acceptors (Lipinski definition) is 3. The van der Waals surface area contributed by atoms with E-state index < -0.39 is 0 Å². The van der Waals surface area contributed by atoms with Crippen LogP contribution < -0.4 is 10.5 Å². The Bertz CT molecular complexity index is 373. The number of ether oxygens (including phenoxy) is 1. The Kier molecular flexibility index (Phi) is 7.03. The molecule has 0 saturated heterocycles. The highest BCUT2D eigenvalue weighted by Crippen LogP contribution is 2.18. The normalized spacial score (nSPS) is 11.9. The summed E-state index contributed by atoms with van der Waals surface area (Å²) in [7, 11) is 0. The van der Waals surface area contributed by atoms with Gasteiger partial charge in [-0.05, 0) is 49.5 Å². The number of hydrogen-bond donors (Lipinski definition) is 1. The molecule has 0 heterocycles. The summed E-state index contributed by atoms with van der Waals surface area (Å²) in [5.74, 6) is 0.945. The van der Waals surface area contributed by atoms with Gasteiger partial charge in [0, 0.05) is 13.1 Å². The molecule has 1 aromatic rings. The van der Waals surface area contributed by atoms with Crippen molar-refractivity contribution in [2.45, 2.75) is 40.7 Å². The van der Waals surface area contributed by atoms with Crippen LogP contribution in [0.25, 0.3) is 0 Å². The zero-order valence-corrected chi connectivity index (χ0v) is 13.5. The lowest BCUT2D eigenvalue weighted by atomic mass is 9.93. The van der Waals surface area contributed by atoms with Gasteiger partial charge in [0.05, 0.1) is 6.61 Å². The number of rotatable bonds is 9. The van der Waals surface area contributed by atoms with Crippen molar-refractivity contribution in [1.29, 1.82) is 0 Å². The second-order valence-electron chi connectivity index (χ2n) is 6.16. The molecule has 0 fully saturated rings. The Hall–Kier alpha value is -1.06. The van der Waals surface area contributed by atoms with Gasteiger partial charge in [0.2, 0.25) is 0 Å². The fourth-order valence-corrected chi connectivity index (χ4v) is 2.32. The second kappa shape index (κ2) is 8.28. The van der Waals surface area contributed by atoms with Crippen molar-refractivity contribution in [2.24, 2.45) is 11.1 Å². The van der Waals surface area contributed by atoms with Gasteiger partial charge in [-0.3, -0.25) is 4.90 Å². The lowest BCUT2D eigenvalue weighted by Crippen LogP contribution is -2.38. The lowest BCUT2D eigenvalue weighted by molar-refractivity contribution is 0.176. The molecule has 20 heavy (non-hydrogen) atoms. The maximum absolute atomic E-state index is 5.85. The Balaban J connectivity index is 2.64. The number of nitrogens with zero attached hydrogens (tertiary/aromatic N) is 1. The van der Waals surface area contributed by atoms with Crippen molar-refractivity contribution < 1.29 is 4.74 Å². The summed E-state index contributed by atoms with van der Waals surface area (Å²) in [6, 6.07) is 8.42. The topological polar surface area (TPSA) is 38.5 Å². The van der Waals surface area contributed by atoms with Crippen LogP contribution in [0.1, 0.15) is 39.7 Å². The molecule has 2 N–H and O–H groups in total. The smallest absolute Gasteiger partial charge is 0.119 e. The van der Waals surface area contributed by atoms with E-state index >= 15 is 0 Å². The fraction of sp³-hybridized carbons (Fsp3) is 0.647. The quantitative estimate of drug-likeness (QED) is 0.753. The predicted octanol–water partition coefficient (Wildman–Crippen LogP) is 3.28. The first-order valence-electron chi connectivity index (χ1n) is 7.65. The fourth-order valence-electron chi connectivity index (χ4n) is 2.32. The molecule has 0 aliphatic carbocycles. The van der Waals surface area contributed by atoms with Gasteiger partial charge in [0.25, 0.3) is 0 Å². The number of benzene rings is 1. The van der Waals surface area contributed by atoms with Crippen LogP contribution in [0.5, 0.6) is 5.75 Å². The van der Waals surface area contributed by atoms with Crippen molar-refractivity contribution in [3.8, 4) is 5.75 Å². The molecule has 1 aromatic carbocycles. The van der Waals surface area contributed by atoms with Crippen LogP contribution in [0.4, 0.5) is 0 Å². The van der Waals surface area contributed by atoms with E-state index in [1.807, 2.05) is 6.92 Å². The zero-order valence-electron chi connectivity index (χ0n) is 13.5. The van der Waals surface area contributed by atoms with E-state index in [-0.39, 0.29) is 5.41 Å². The van der Waals surface area contributed by atoms with E-state index in [9.17, 15) is 0 Å². The molecule has 0 spiro atoms. The first-order valence-corrected chi connectivity index (χ1v) is 7.65. The van der Waals surface area contributed by atoms with Crippen molar-refractivity contribution in [2.75, 3.05) is 26.2 Å². The van der Waals surface area contributed by atoms with Crippen molar-refractivity contribution in [3.05, 3.63) is 29.8 Å². The standard InChI is InChI=1S/C17H30N2O/c1-5-11-19(14-17(3,4)13-18)12-15-7-9-16(10-8-15)20-6-2/h7-10H,5-6,11-14,18H2,1-4H3. The van der Waals surface area contributed by atoms with Crippen molar-refractivity contribution in [1.82, 2.24) is 4.90 Å². The van der Waals surface area contributed by atoms with Gasteiger partial charge in [-0.1, -0.05) is 32.9 Å². The van der Waals surface area contributed by atoms with E-state index in [1.165, 1.54) is 5.56 Å². The Morgan fingerprint density at radius 2 is 1.80 bits per heavy atom. The molecule has 0 aromatic heterocycles. The van der Waals surface area contributed by atoms with Crippen LogP contribution in [0.15, 0.2) is 24.3 Å². The highest BCUT2D eigenvalue weighted by atomic mass is 16.5. The highest BCUT2D eigenvalue weighted by molar-refractivity contribution is 5.27. The van der Waals surface area contributed by atoms with Crippen LogP contribution in [0, 0.1) is 5.41 Å². The third-order valence-corrected chi connectivity index (χ3v) is 3.38. The summed E-state index contributed by atoms with van der Waals surface area (Å²) in [5.41, 5.74) is 7.35. The summed E-state index contributed by atoms with van der Waals surface area (Å²) < 4.78 is 5.48. The minimum absolute atomic E-state index is 0.167. The third-order valence-electron chi connectivity index (χ3n) is 3.38. The SMILES string of the molecule is CCCN(Cc1ccc(OCC)cc1)CC(C)(C)CN. The molecular weight excluding hydrogens is 248 g/mol. The van der Waals surface area contributed by atoms with Gasteiger partial charge in [-0.15, -0.1) is 0 Å². The van der Waals surface area contributed by atoms with Gasteiger partial charge < -0.3 is 10.5 Å². The van der Waals surface area contributed by atoms with E-state index in [4.69, 9.17) is 10.5 Å². The molecule has 0 amide bonds. The van der Waals surface area contributed by atoms with Crippen LogP contribution >= 0.6 is 0 Å². The first kappa shape index (κ1) is 17.0. The van der Waals surface area contributed by atoms with Crippen LogP contribution in [-0.4, -0.2) is 31.1 Å². The first-order chi connectivity index (χ1) is 9.50. The van der Waals surface area contributed by atoms with Crippen LogP contribution in [0.2, 0.25) is 0 Å². The molecule has 114 valence electrons. The largest absolute Gasteiger partial charge is 0.494 e. The number of nitrogens with two attached hydrogens (primary N) is 1. The van der Waals surface area contributed by atoms with Gasteiger partial charge in [0.15, 0.2) is 0 Å². The molecule has 0 saturated carbocycles. The van der Waals surface area contributed by atoms with Crippen molar-refractivity contribution in [3.63, 3.8) is 0 Å². The minimum atomic E-state index is 0.167. The van der Waals surface area contributed by atoms with Gasteiger partial charge >= 0.3 is 0 Å². The molecule has 0 atom stereocenters. The predicted molar refractivity (Wildman–Crippen MR) is 86.0 cm³/mol. The Labute approximate surface area is 124 Å². The van der Waals surface area contributed by atoms with Gasteiger partial charge in [-0.25, -0.2) is 0 Å². The molecule has 1 rings (SSSR count). The zero-order chi connectivity index (χ0) is 15.0. The van der Waals surface area contributed by atoms with Gasteiger partial charge in [-0.2, -0.15) is 0 Å². The molecule has 3 heteroatoms. The molecule has 0 unspecified atom stereocenters.